The number of nitrogens with zero attached hydrogens (tertiary/aromatic N) is 1. The van der Waals surface area contributed by atoms with Crippen molar-refractivity contribution in [3.8, 4) is 6.07 Å². The van der Waals surface area contributed by atoms with Gasteiger partial charge in [-0.05, 0) is 44.1 Å². The normalized spacial score (nSPS) is 24.7. The Morgan fingerprint density at radius 1 is 1.40 bits per heavy atom. The van der Waals surface area contributed by atoms with E-state index in [4.69, 9.17) is 5.26 Å². The van der Waals surface area contributed by atoms with Crippen LogP contribution < -0.4 is 5.32 Å². The number of nitriles is 1. The summed E-state index contributed by atoms with van der Waals surface area (Å²) < 4.78 is 0. The van der Waals surface area contributed by atoms with E-state index >= 15 is 0 Å². The van der Waals surface area contributed by atoms with Crippen molar-refractivity contribution in [1.82, 2.24) is 5.32 Å². The summed E-state index contributed by atoms with van der Waals surface area (Å²) in [6.45, 7) is 5.83. The van der Waals surface area contributed by atoms with Crippen LogP contribution in [-0.2, 0) is 0 Å². The van der Waals surface area contributed by atoms with Crippen LogP contribution in [0.4, 0.5) is 0 Å². The fourth-order valence-corrected chi connectivity index (χ4v) is 2.51. The Morgan fingerprint density at radius 3 is 2.87 bits per heavy atom. The van der Waals surface area contributed by atoms with Crippen molar-refractivity contribution < 1.29 is 0 Å². The maximum Gasteiger partial charge on any atom is 0.0621 e. The molecule has 1 aliphatic rings. The molecule has 15 heavy (non-hydrogen) atoms. The predicted molar refractivity (Wildman–Crippen MR) is 63.5 cm³/mol. The van der Waals surface area contributed by atoms with Gasteiger partial charge in [-0.15, -0.1) is 0 Å². The average Bonchev–Trinajstić information content (AvgIpc) is 2.16. The molecule has 1 fully saturated rings. The van der Waals surface area contributed by atoms with Crippen LogP contribution in [0.15, 0.2) is 0 Å². The van der Waals surface area contributed by atoms with E-state index in [0.29, 0.717) is 11.8 Å². The molecule has 0 spiro atoms. The van der Waals surface area contributed by atoms with E-state index < -0.39 is 0 Å². The summed E-state index contributed by atoms with van der Waals surface area (Å²) in [6, 6.07) is 2.91. The van der Waals surface area contributed by atoms with Crippen molar-refractivity contribution in [2.24, 2.45) is 5.41 Å². The zero-order chi connectivity index (χ0) is 11.1. The summed E-state index contributed by atoms with van der Waals surface area (Å²) in [7, 11) is 0. The topological polar surface area (TPSA) is 35.8 Å². The van der Waals surface area contributed by atoms with Crippen LogP contribution in [0.1, 0.15) is 58.8 Å². The van der Waals surface area contributed by atoms with Crippen molar-refractivity contribution in [2.75, 3.05) is 6.54 Å². The van der Waals surface area contributed by atoms with Crippen LogP contribution in [0.5, 0.6) is 0 Å². The first-order chi connectivity index (χ1) is 7.14. The first-order valence-electron chi connectivity index (χ1n) is 6.24. The average molecular weight is 208 g/mol. The molecule has 0 saturated heterocycles. The fraction of sp³-hybridized carbons (Fsp3) is 0.923. The molecule has 1 aliphatic carbocycles. The number of rotatable bonds is 5. The third kappa shape index (κ3) is 5.18. The third-order valence-corrected chi connectivity index (χ3v) is 3.35. The van der Waals surface area contributed by atoms with Gasteiger partial charge < -0.3 is 5.32 Å². The number of hydrogen-bond donors (Lipinski definition) is 1. The van der Waals surface area contributed by atoms with Gasteiger partial charge in [0, 0.05) is 12.5 Å². The van der Waals surface area contributed by atoms with Gasteiger partial charge in [-0.2, -0.15) is 5.26 Å². The molecule has 1 saturated carbocycles. The summed E-state index contributed by atoms with van der Waals surface area (Å²) in [4.78, 5) is 0. The summed E-state index contributed by atoms with van der Waals surface area (Å²) >= 11 is 0. The van der Waals surface area contributed by atoms with E-state index in [1.807, 2.05) is 0 Å². The lowest BCUT2D eigenvalue weighted by molar-refractivity contribution is 0.198. The van der Waals surface area contributed by atoms with Crippen LogP contribution in [0.3, 0.4) is 0 Å². The predicted octanol–water partition coefficient (Wildman–Crippen LogP) is 3.24. The monoisotopic (exact) mass is 208 g/mol. The maximum atomic E-state index is 8.41. The smallest absolute Gasteiger partial charge is 0.0621 e. The van der Waals surface area contributed by atoms with Gasteiger partial charge in [0.25, 0.3) is 0 Å². The molecule has 1 N–H and O–H groups in total. The van der Waals surface area contributed by atoms with Crippen molar-refractivity contribution in [1.29, 1.82) is 5.26 Å². The van der Waals surface area contributed by atoms with Gasteiger partial charge in [0.2, 0.25) is 0 Å². The minimum atomic E-state index is 0.530. The lowest BCUT2D eigenvalue weighted by Crippen LogP contribution is -2.37. The molecular formula is C13H24N2. The van der Waals surface area contributed by atoms with Gasteiger partial charge >= 0.3 is 0 Å². The molecule has 0 heterocycles. The zero-order valence-electron chi connectivity index (χ0n) is 10.2. The highest BCUT2D eigenvalue weighted by Gasteiger charge is 2.27. The summed E-state index contributed by atoms with van der Waals surface area (Å²) in [5, 5.41) is 12.0. The minimum absolute atomic E-state index is 0.530. The van der Waals surface area contributed by atoms with Gasteiger partial charge in [0.1, 0.15) is 0 Å². The van der Waals surface area contributed by atoms with Crippen molar-refractivity contribution >= 4 is 0 Å². The number of hydrogen-bond acceptors (Lipinski definition) is 2. The Balaban J connectivity index is 2.08. The molecule has 2 nitrogen and oxygen atoms in total. The van der Waals surface area contributed by atoms with E-state index in [9.17, 15) is 0 Å². The van der Waals surface area contributed by atoms with Crippen LogP contribution in [-0.4, -0.2) is 12.6 Å². The molecule has 1 atom stereocenters. The van der Waals surface area contributed by atoms with Gasteiger partial charge in [-0.3, -0.25) is 0 Å². The SMILES string of the molecule is CC1(C)CCCC(NCCCCC#N)C1. The number of unbranched alkanes of at least 4 members (excludes halogenated alkanes) is 2. The van der Waals surface area contributed by atoms with Gasteiger partial charge in [-0.1, -0.05) is 20.3 Å². The molecule has 1 unspecified atom stereocenters. The van der Waals surface area contributed by atoms with E-state index in [1.54, 1.807) is 0 Å². The lowest BCUT2D eigenvalue weighted by Gasteiger charge is -2.35. The highest BCUT2D eigenvalue weighted by Crippen LogP contribution is 2.34. The quantitative estimate of drug-likeness (QED) is 0.704. The van der Waals surface area contributed by atoms with E-state index in [0.717, 1.165) is 25.4 Å². The molecule has 1 rings (SSSR count). The first-order valence-corrected chi connectivity index (χ1v) is 6.24. The van der Waals surface area contributed by atoms with E-state index in [1.165, 1.54) is 25.7 Å². The van der Waals surface area contributed by atoms with Crippen molar-refractivity contribution in [3.63, 3.8) is 0 Å². The largest absolute Gasteiger partial charge is 0.314 e. The molecule has 0 aromatic rings. The zero-order valence-corrected chi connectivity index (χ0v) is 10.2. The van der Waals surface area contributed by atoms with E-state index in [2.05, 4.69) is 25.2 Å². The third-order valence-electron chi connectivity index (χ3n) is 3.35. The Morgan fingerprint density at radius 2 is 2.20 bits per heavy atom. The molecule has 0 aliphatic heterocycles. The van der Waals surface area contributed by atoms with E-state index in [-0.39, 0.29) is 0 Å². The summed E-state index contributed by atoms with van der Waals surface area (Å²) in [5.41, 5.74) is 0.530. The van der Waals surface area contributed by atoms with Crippen molar-refractivity contribution in [3.05, 3.63) is 0 Å². The second-order valence-corrected chi connectivity index (χ2v) is 5.53. The summed E-state index contributed by atoms with van der Waals surface area (Å²) in [6.07, 6.45) is 8.28. The van der Waals surface area contributed by atoms with Gasteiger partial charge in [-0.25, -0.2) is 0 Å². The van der Waals surface area contributed by atoms with Gasteiger partial charge in [0.15, 0.2) is 0 Å². The van der Waals surface area contributed by atoms with Crippen LogP contribution in [0.25, 0.3) is 0 Å². The Bertz CT molecular complexity index is 215. The van der Waals surface area contributed by atoms with Gasteiger partial charge in [0.05, 0.1) is 6.07 Å². The fourth-order valence-electron chi connectivity index (χ4n) is 2.51. The summed E-state index contributed by atoms with van der Waals surface area (Å²) in [5.74, 6) is 0. The molecule has 0 bridgehead atoms. The molecule has 0 aromatic heterocycles. The maximum absolute atomic E-state index is 8.41. The molecule has 2 heteroatoms. The lowest BCUT2D eigenvalue weighted by atomic mass is 9.75. The van der Waals surface area contributed by atoms with Crippen molar-refractivity contribution in [2.45, 2.75) is 64.8 Å². The second-order valence-electron chi connectivity index (χ2n) is 5.53. The Kier molecular flexibility index (Phi) is 5.11. The van der Waals surface area contributed by atoms with Crippen LogP contribution in [0.2, 0.25) is 0 Å². The minimum Gasteiger partial charge on any atom is -0.314 e. The molecule has 86 valence electrons. The highest BCUT2D eigenvalue weighted by molar-refractivity contribution is 4.83. The number of nitrogens with one attached hydrogen (secondary N) is 1. The second kappa shape index (κ2) is 6.12. The van der Waals surface area contributed by atoms with Crippen LogP contribution >= 0.6 is 0 Å². The molecule has 0 radical (unpaired) electrons. The Labute approximate surface area is 94.1 Å². The standard InChI is InChI=1S/C13H24N2/c1-13(2)8-6-7-12(11-13)15-10-5-3-4-9-14/h12,15H,3-8,10-11H2,1-2H3. The molecular weight excluding hydrogens is 184 g/mol. The molecule has 0 amide bonds. The molecule has 0 aromatic carbocycles. The van der Waals surface area contributed by atoms with Crippen LogP contribution in [0, 0.1) is 16.7 Å². The first kappa shape index (κ1) is 12.5. The highest BCUT2D eigenvalue weighted by atomic mass is 14.9. The Hall–Kier alpha value is -0.550.